The zero-order valence-corrected chi connectivity index (χ0v) is 13.1. The molecule has 3 atom stereocenters. The minimum absolute atomic E-state index is 0.0487. The quantitative estimate of drug-likeness (QED) is 0.536. The van der Waals surface area contributed by atoms with Crippen molar-refractivity contribution in [3.63, 3.8) is 0 Å². The molecule has 0 amide bonds. The molecule has 0 aliphatic carbocycles. The highest BCUT2D eigenvalue weighted by Crippen LogP contribution is 2.31. The maximum Gasteiger partial charge on any atom is 0.318 e. The molecule has 1 aliphatic heterocycles. The highest BCUT2D eigenvalue weighted by molar-refractivity contribution is 5.75. The van der Waals surface area contributed by atoms with E-state index in [-0.39, 0.29) is 28.8 Å². The molecule has 0 aromatic rings. The fourth-order valence-electron chi connectivity index (χ4n) is 1.67. The Morgan fingerprint density at radius 2 is 1.74 bits per heavy atom. The van der Waals surface area contributed by atoms with E-state index in [0.29, 0.717) is 0 Å². The molecule has 1 fully saturated rings. The van der Waals surface area contributed by atoms with Gasteiger partial charge >= 0.3 is 5.97 Å². The summed E-state index contributed by atoms with van der Waals surface area (Å²) < 4.78 is 11.2. The van der Waals surface area contributed by atoms with E-state index in [9.17, 15) is 4.79 Å². The minimum atomic E-state index is -0.480. The van der Waals surface area contributed by atoms with E-state index in [2.05, 4.69) is 26.5 Å². The minimum Gasteiger partial charge on any atom is -0.435 e. The lowest BCUT2D eigenvalue weighted by Crippen LogP contribution is -2.46. The van der Waals surface area contributed by atoms with Crippen LogP contribution in [-0.4, -0.2) is 18.4 Å². The van der Waals surface area contributed by atoms with Gasteiger partial charge in [0.15, 0.2) is 0 Å². The molecular formula is C16H26O3. The number of ether oxygens (including phenoxy) is 2. The van der Waals surface area contributed by atoms with Gasteiger partial charge in [-0.15, -0.1) is 5.73 Å². The SMILES string of the molecule is C[C@H]1O[C@@H](C(C)(C)C)OC(=O)[C@H]1C=C=CC(C)(C)C. The molecule has 0 spiro atoms. The zero-order chi connectivity index (χ0) is 14.8. The van der Waals surface area contributed by atoms with E-state index in [1.165, 1.54) is 0 Å². The Hall–Kier alpha value is -1.05. The van der Waals surface area contributed by atoms with Crippen LogP contribution in [0.2, 0.25) is 0 Å². The van der Waals surface area contributed by atoms with Crippen molar-refractivity contribution in [3.05, 3.63) is 17.9 Å². The predicted octanol–water partition coefficient (Wildman–Crippen LogP) is 3.69. The second kappa shape index (κ2) is 5.52. The molecule has 3 nitrogen and oxygen atoms in total. The molecule has 19 heavy (non-hydrogen) atoms. The van der Waals surface area contributed by atoms with Gasteiger partial charge in [0.1, 0.15) is 5.92 Å². The van der Waals surface area contributed by atoms with Crippen LogP contribution in [0.3, 0.4) is 0 Å². The number of esters is 1. The average Bonchev–Trinajstić information content (AvgIpc) is 2.18. The standard InChI is InChI=1S/C16H26O3/c1-11-12(9-8-10-15(2,3)4)13(17)19-14(18-11)16(5,6)7/h9-12,14H,1-7H3/t8?,11-,12+,14-/m1/s1. The van der Waals surface area contributed by atoms with Crippen LogP contribution in [0.1, 0.15) is 48.5 Å². The number of hydrogen-bond donors (Lipinski definition) is 0. The first-order valence-corrected chi connectivity index (χ1v) is 6.80. The van der Waals surface area contributed by atoms with Crippen molar-refractivity contribution in [3.8, 4) is 0 Å². The summed E-state index contributed by atoms with van der Waals surface area (Å²) in [5.41, 5.74) is 2.92. The van der Waals surface area contributed by atoms with Gasteiger partial charge in [0.25, 0.3) is 0 Å². The largest absolute Gasteiger partial charge is 0.435 e. The highest BCUT2D eigenvalue weighted by atomic mass is 16.7. The first kappa shape index (κ1) is 16.0. The molecule has 3 heteroatoms. The lowest BCUT2D eigenvalue weighted by atomic mass is 9.93. The first-order valence-electron chi connectivity index (χ1n) is 6.80. The predicted molar refractivity (Wildman–Crippen MR) is 75.5 cm³/mol. The van der Waals surface area contributed by atoms with Gasteiger partial charge in [-0.3, -0.25) is 4.79 Å². The molecule has 0 radical (unpaired) electrons. The van der Waals surface area contributed by atoms with Crippen LogP contribution in [0, 0.1) is 16.7 Å². The van der Waals surface area contributed by atoms with Crippen LogP contribution < -0.4 is 0 Å². The third-order valence-electron chi connectivity index (χ3n) is 2.84. The van der Waals surface area contributed by atoms with Gasteiger partial charge in [0.05, 0.1) is 6.10 Å². The fraction of sp³-hybridized carbons (Fsp3) is 0.750. The number of rotatable bonds is 1. The van der Waals surface area contributed by atoms with Gasteiger partial charge in [0.2, 0.25) is 6.29 Å². The molecule has 1 rings (SSSR count). The Labute approximate surface area is 116 Å². The van der Waals surface area contributed by atoms with E-state index in [4.69, 9.17) is 9.47 Å². The van der Waals surface area contributed by atoms with E-state index in [1.807, 2.05) is 33.8 Å². The Bertz CT molecular complexity index is 389. The molecule has 0 bridgehead atoms. The number of carbonyl (C=O) groups is 1. The number of hydrogen-bond acceptors (Lipinski definition) is 3. The van der Waals surface area contributed by atoms with Crippen molar-refractivity contribution in [1.29, 1.82) is 0 Å². The Morgan fingerprint density at radius 1 is 1.16 bits per heavy atom. The van der Waals surface area contributed by atoms with Gasteiger partial charge in [-0.2, -0.15) is 0 Å². The van der Waals surface area contributed by atoms with Crippen LogP contribution in [0.15, 0.2) is 17.9 Å². The highest BCUT2D eigenvalue weighted by Gasteiger charge is 2.40. The van der Waals surface area contributed by atoms with Crippen molar-refractivity contribution in [2.45, 2.75) is 60.9 Å². The monoisotopic (exact) mass is 266 g/mol. The summed E-state index contributed by atoms with van der Waals surface area (Å²) in [6.45, 7) is 14.1. The molecule has 0 N–H and O–H groups in total. The summed E-state index contributed by atoms with van der Waals surface area (Å²) >= 11 is 0. The first-order chi connectivity index (χ1) is 8.50. The molecule has 0 aromatic heterocycles. The Kier molecular flexibility index (Phi) is 4.65. The van der Waals surface area contributed by atoms with Crippen molar-refractivity contribution < 1.29 is 14.3 Å². The fourth-order valence-corrected chi connectivity index (χ4v) is 1.67. The number of cyclic esters (lactones) is 1. The molecule has 0 unspecified atom stereocenters. The van der Waals surface area contributed by atoms with Gasteiger partial charge in [0, 0.05) is 5.41 Å². The van der Waals surface area contributed by atoms with E-state index < -0.39 is 6.29 Å². The lowest BCUT2D eigenvalue weighted by Gasteiger charge is -2.38. The Balaban J connectivity index is 2.80. The van der Waals surface area contributed by atoms with E-state index in [1.54, 1.807) is 6.08 Å². The molecule has 1 aliphatic rings. The maximum absolute atomic E-state index is 12.0. The second-order valence-corrected chi connectivity index (χ2v) is 7.35. The summed E-state index contributed by atoms with van der Waals surface area (Å²) in [5.74, 6) is -0.606. The van der Waals surface area contributed by atoms with E-state index >= 15 is 0 Å². The third kappa shape index (κ3) is 4.85. The molecule has 0 aromatic carbocycles. The second-order valence-electron chi connectivity index (χ2n) is 7.35. The van der Waals surface area contributed by atoms with E-state index in [0.717, 1.165) is 0 Å². The lowest BCUT2D eigenvalue weighted by molar-refractivity contribution is -0.249. The smallest absolute Gasteiger partial charge is 0.318 e. The maximum atomic E-state index is 12.0. The zero-order valence-electron chi connectivity index (χ0n) is 13.1. The summed E-state index contributed by atoms with van der Waals surface area (Å²) in [7, 11) is 0. The molecule has 0 saturated carbocycles. The number of carbonyl (C=O) groups excluding carboxylic acids is 1. The molecule has 108 valence electrons. The van der Waals surface area contributed by atoms with Crippen LogP contribution in [-0.2, 0) is 14.3 Å². The van der Waals surface area contributed by atoms with Crippen molar-refractivity contribution in [2.75, 3.05) is 0 Å². The van der Waals surface area contributed by atoms with Crippen LogP contribution in [0.4, 0.5) is 0 Å². The molecule has 1 saturated heterocycles. The van der Waals surface area contributed by atoms with Crippen molar-refractivity contribution >= 4 is 5.97 Å². The third-order valence-corrected chi connectivity index (χ3v) is 2.84. The van der Waals surface area contributed by atoms with Crippen LogP contribution in [0.25, 0.3) is 0 Å². The summed E-state index contributed by atoms with van der Waals surface area (Å²) in [6, 6.07) is 0. The normalized spacial score (nSPS) is 28.4. The average molecular weight is 266 g/mol. The van der Waals surface area contributed by atoms with Gasteiger partial charge in [-0.25, -0.2) is 0 Å². The van der Waals surface area contributed by atoms with Gasteiger partial charge < -0.3 is 9.47 Å². The molecule has 1 heterocycles. The topological polar surface area (TPSA) is 35.5 Å². The van der Waals surface area contributed by atoms with Crippen LogP contribution >= 0.6 is 0 Å². The summed E-state index contributed by atoms with van der Waals surface area (Å²) in [4.78, 5) is 12.0. The van der Waals surface area contributed by atoms with Gasteiger partial charge in [-0.1, -0.05) is 41.5 Å². The van der Waals surface area contributed by atoms with Crippen molar-refractivity contribution in [1.82, 2.24) is 0 Å². The summed E-state index contributed by atoms with van der Waals surface area (Å²) in [6.07, 6.45) is 3.03. The van der Waals surface area contributed by atoms with Crippen molar-refractivity contribution in [2.24, 2.45) is 16.7 Å². The molecular weight excluding hydrogens is 240 g/mol. The Morgan fingerprint density at radius 3 is 2.16 bits per heavy atom. The summed E-state index contributed by atoms with van der Waals surface area (Å²) in [5, 5.41) is 0. The van der Waals surface area contributed by atoms with Crippen LogP contribution in [0.5, 0.6) is 0 Å². The van der Waals surface area contributed by atoms with Gasteiger partial charge in [-0.05, 0) is 24.5 Å².